The van der Waals surface area contributed by atoms with Crippen LogP contribution >= 0.6 is 0 Å². The van der Waals surface area contributed by atoms with Gasteiger partial charge in [-0.15, -0.1) is 0 Å². The molecule has 184 valence electrons. The Morgan fingerprint density at radius 2 is 1.71 bits per heavy atom. The lowest BCUT2D eigenvalue weighted by atomic mass is 9.64. The van der Waals surface area contributed by atoms with Gasteiger partial charge < -0.3 is 19.5 Å². The number of aromatic hydroxyl groups is 1. The Balaban J connectivity index is 1.36. The van der Waals surface area contributed by atoms with Gasteiger partial charge in [0.2, 0.25) is 0 Å². The first-order valence-electron chi connectivity index (χ1n) is 13.3. The van der Waals surface area contributed by atoms with Gasteiger partial charge in [-0.3, -0.25) is 0 Å². The molecule has 1 saturated carbocycles. The first-order chi connectivity index (χ1) is 16.7. The van der Waals surface area contributed by atoms with Gasteiger partial charge in [-0.25, -0.2) is 4.98 Å². The minimum absolute atomic E-state index is 0.111. The zero-order valence-corrected chi connectivity index (χ0v) is 20.8. The Kier molecular flexibility index (Phi) is 7.40. The van der Waals surface area contributed by atoms with Crippen molar-refractivity contribution >= 4 is 5.82 Å². The third kappa shape index (κ3) is 4.83. The Morgan fingerprint density at radius 3 is 2.38 bits per heavy atom. The lowest BCUT2D eigenvalue weighted by Gasteiger charge is -2.40. The number of hydrogen-bond donors (Lipinski definition) is 1. The summed E-state index contributed by atoms with van der Waals surface area (Å²) in [7, 11) is 3.46. The van der Waals surface area contributed by atoms with Crippen LogP contribution in [-0.2, 0) is 15.9 Å². The van der Waals surface area contributed by atoms with E-state index >= 15 is 0 Å². The van der Waals surface area contributed by atoms with Gasteiger partial charge in [0.25, 0.3) is 0 Å². The van der Waals surface area contributed by atoms with Crippen molar-refractivity contribution in [2.45, 2.75) is 70.0 Å². The van der Waals surface area contributed by atoms with Gasteiger partial charge in [0.05, 0.1) is 0 Å². The van der Waals surface area contributed by atoms with Crippen LogP contribution in [0, 0.1) is 17.8 Å². The molecular formula is C29H40N2O3. The van der Waals surface area contributed by atoms with Gasteiger partial charge in [0, 0.05) is 45.3 Å². The number of phenolic OH excluding ortho intramolecular Hbond substituents is 1. The van der Waals surface area contributed by atoms with Crippen LogP contribution in [0.5, 0.6) is 5.75 Å². The second-order valence-corrected chi connectivity index (χ2v) is 10.6. The van der Waals surface area contributed by atoms with Crippen LogP contribution in [0.25, 0.3) is 0 Å². The molecule has 34 heavy (non-hydrogen) atoms. The summed E-state index contributed by atoms with van der Waals surface area (Å²) in [5.41, 5.74) is 4.05. The van der Waals surface area contributed by atoms with E-state index in [0.717, 1.165) is 44.1 Å². The molecular weight excluding hydrogens is 424 g/mol. The molecule has 0 amide bonds. The number of anilines is 1. The van der Waals surface area contributed by atoms with E-state index in [1.165, 1.54) is 55.2 Å². The fourth-order valence-electron chi connectivity index (χ4n) is 6.98. The van der Waals surface area contributed by atoms with Crippen molar-refractivity contribution in [2.24, 2.45) is 17.8 Å². The number of nitrogens with zero attached hydrogens (tertiary/aromatic N) is 2. The van der Waals surface area contributed by atoms with Crippen LogP contribution in [0.3, 0.4) is 0 Å². The van der Waals surface area contributed by atoms with Crippen molar-refractivity contribution in [1.29, 1.82) is 0 Å². The summed E-state index contributed by atoms with van der Waals surface area (Å²) >= 11 is 0. The average molecular weight is 465 g/mol. The molecule has 1 aliphatic heterocycles. The van der Waals surface area contributed by atoms with Gasteiger partial charge >= 0.3 is 0 Å². The second-order valence-electron chi connectivity index (χ2n) is 10.6. The van der Waals surface area contributed by atoms with Crippen molar-refractivity contribution < 1.29 is 14.6 Å². The first-order valence-corrected chi connectivity index (χ1v) is 13.3. The minimum Gasteiger partial charge on any atom is -0.508 e. The Morgan fingerprint density at radius 1 is 0.941 bits per heavy atom. The molecule has 3 aliphatic rings. The van der Waals surface area contributed by atoms with Crippen molar-refractivity contribution in [2.75, 3.05) is 32.2 Å². The van der Waals surface area contributed by atoms with Gasteiger partial charge in [0.1, 0.15) is 11.6 Å². The molecule has 1 N–H and O–H groups in total. The van der Waals surface area contributed by atoms with Crippen LogP contribution in [0.15, 0.2) is 36.5 Å². The van der Waals surface area contributed by atoms with Gasteiger partial charge in [-0.05, 0) is 72.4 Å². The normalized spacial score (nSPS) is 24.4. The fraction of sp³-hybridized carbons (Fsp3) is 0.621. The maximum Gasteiger partial charge on any atom is 0.159 e. The SMILES string of the molecule is COC(OC)C1CCN(c2ccc([C@@H]3c4ccc(O)cc4CC[C@@H]3C3CCCCC3)cn2)CC1. The van der Waals surface area contributed by atoms with E-state index in [1.807, 2.05) is 12.1 Å². The molecule has 5 rings (SSSR count). The Bertz CT molecular complexity index is 929. The molecule has 2 atom stereocenters. The number of aromatic nitrogens is 1. The van der Waals surface area contributed by atoms with Crippen molar-refractivity contribution in [1.82, 2.24) is 4.98 Å². The number of ether oxygens (including phenoxy) is 2. The summed E-state index contributed by atoms with van der Waals surface area (Å²) in [4.78, 5) is 7.37. The highest BCUT2D eigenvalue weighted by Crippen LogP contribution is 2.48. The number of pyridine rings is 1. The van der Waals surface area contributed by atoms with E-state index in [0.29, 0.717) is 23.5 Å². The quantitative estimate of drug-likeness (QED) is 0.540. The molecule has 1 saturated heterocycles. The van der Waals surface area contributed by atoms with Crippen LogP contribution in [0.2, 0.25) is 0 Å². The maximum absolute atomic E-state index is 10.1. The molecule has 2 aromatic rings. The molecule has 5 nitrogen and oxygen atoms in total. The van der Waals surface area contributed by atoms with Crippen molar-refractivity contribution in [3.05, 3.63) is 53.2 Å². The molecule has 0 spiro atoms. The largest absolute Gasteiger partial charge is 0.508 e. The van der Waals surface area contributed by atoms with Gasteiger partial charge in [0.15, 0.2) is 6.29 Å². The van der Waals surface area contributed by atoms with E-state index in [-0.39, 0.29) is 6.29 Å². The smallest absolute Gasteiger partial charge is 0.159 e. The number of rotatable bonds is 6. The third-order valence-corrected chi connectivity index (χ3v) is 8.74. The molecule has 0 unspecified atom stereocenters. The molecule has 2 fully saturated rings. The van der Waals surface area contributed by atoms with Crippen LogP contribution < -0.4 is 4.90 Å². The fourth-order valence-corrected chi connectivity index (χ4v) is 6.98. The second kappa shape index (κ2) is 10.7. The minimum atomic E-state index is -0.111. The van der Waals surface area contributed by atoms with Crippen molar-refractivity contribution in [3.63, 3.8) is 0 Å². The summed E-state index contributed by atoms with van der Waals surface area (Å²) in [5.74, 6) is 3.75. The molecule has 0 radical (unpaired) electrons. The number of hydrogen-bond acceptors (Lipinski definition) is 5. The molecule has 1 aromatic carbocycles. The maximum atomic E-state index is 10.1. The van der Waals surface area contributed by atoms with Crippen LogP contribution in [0.1, 0.15) is 74.0 Å². The van der Waals surface area contributed by atoms with Gasteiger partial charge in [-0.1, -0.05) is 44.2 Å². The van der Waals surface area contributed by atoms with Crippen LogP contribution in [0.4, 0.5) is 5.82 Å². The zero-order chi connectivity index (χ0) is 23.5. The summed E-state index contributed by atoms with van der Waals surface area (Å²) < 4.78 is 11.0. The zero-order valence-electron chi connectivity index (χ0n) is 20.8. The molecule has 0 bridgehead atoms. The number of phenols is 1. The average Bonchev–Trinajstić information content (AvgIpc) is 2.90. The lowest BCUT2D eigenvalue weighted by molar-refractivity contribution is -0.141. The molecule has 5 heteroatoms. The summed E-state index contributed by atoms with van der Waals surface area (Å²) in [5, 5.41) is 10.1. The molecule has 2 aliphatic carbocycles. The summed E-state index contributed by atoms with van der Waals surface area (Å²) in [6.07, 6.45) is 13.3. The Labute approximate surface area is 204 Å². The highest BCUT2D eigenvalue weighted by atomic mass is 16.7. The first kappa shape index (κ1) is 23.6. The summed E-state index contributed by atoms with van der Waals surface area (Å²) in [6, 6.07) is 10.6. The summed E-state index contributed by atoms with van der Waals surface area (Å²) in [6.45, 7) is 1.97. The van der Waals surface area contributed by atoms with E-state index in [1.54, 1.807) is 14.2 Å². The number of fused-ring (bicyclic) bond motifs is 1. The molecule has 1 aromatic heterocycles. The predicted octanol–water partition coefficient (Wildman–Crippen LogP) is 5.90. The van der Waals surface area contributed by atoms with E-state index < -0.39 is 0 Å². The number of benzene rings is 1. The number of aryl methyl sites for hydroxylation is 1. The van der Waals surface area contributed by atoms with E-state index in [2.05, 4.69) is 29.3 Å². The number of piperidine rings is 1. The van der Waals surface area contributed by atoms with E-state index in [9.17, 15) is 5.11 Å². The highest BCUT2D eigenvalue weighted by molar-refractivity contribution is 5.46. The van der Waals surface area contributed by atoms with Crippen LogP contribution in [-0.4, -0.2) is 43.7 Å². The predicted molar refractivity (Wildman–Crippen MR) is 135 cm³/mol. The standard InChI is InChI=1S/C29H40N2O3/c1-33-29(34-2)21-14-16-31(17-15-21)27-13-9-23(19-30-27)28-25(20-6-4-3-5-7-20)11-8-22-18-24(32)10-12-26(22)28/h9-10,12-13,18-21,25,28-29,32H,3-8,11,14-17H2,1-2H3/t25-,28+/m1/s1. The monoisotopic (exact) mass is 464 g/mol. The lowest BCUT2D eigenvalue weighted by Crippen LogP contribution is -2.39. The molecule has 2 heterocycles. The van der Waals surface area contributed by atoms with Crippen molar-refractivity contribution in [3.8, 4) is 5.75 Å². The number of methoxy groups -OCH3 is 2. The van der Waals surface area contributed by atoms with E-state index in [4.69, 9.17) is 14.5 Å². The van der Waals surface area contributed by atoms with Gasteiger partial charge in [-0.2, -0.15) is 0 Å². The topological polar surface area (TPSA) is 54.8 Å². The third-order valence-electron chi connectivity index (χ3n) is 8.74. The Hall–Kier alpha value is -2.11. The highest BCUT2D eigenvalue weighted by Gasteiger charge is 2.37.